The zero-order valence-corrected chi connectivity index (χ0v) is 18.8. The maximum atomic E-state index is 13.1. The number of nitrogens with one attached hydrogen (secondary N) is 1. The Morgan fingerprint density at radius 1 is 1.25 bits per heavy atom. The minimum atomic E-state index is -0.243. The highest BCUT2D eigenvalue weighted by Crippen LogP contribution is 2.29. The number of hydrogen-bond acceptors (Lipinski definition) is 7. The number of fused-ring (bicyclic) bond motifs is 1. The molecule has 32 heavy (non-hydrogen) atoms. The SMILES string of the molecule is COc1ccc(OC)c(NC(=O)CSc2nc3ccccc3c(=O)n2C[C@H]2CCCO2)c1. The van der Waals surface area contributed by atoms with E-state index in [0.717, 1.165) is 12.8 Å². The molecular formula is C23H25N3O5S. The molecule has 168 valence electrons. The van der Waals surface area contributed by atoms with Crippen LogP contribution in [0.4, 0.5) is 5.69 Å². The summed E-state index contributed by atoms with van der Waals surface area (Å²) in [5, 5.41) is 3.90. The summed E-state index contributed by atoms with van der Waals surface area (Å²) in [5.41, 5.74) is 1.00. The molecule has 1 atom stereocenters. The lowest BCUT2D eigenvalue weighted by Crippen LogP contribution is -2.29. The van der Waals surface area contributed by atoms with Crippen molar-refractivity contribution in [2.24, 2.45) is 0 Å². The molecule has 1 amide bonds. The van der Waals surface area contributed by atoms with Crippen molar-refractivity contribution in [2.75, 3.05) is 31.9 Å². The average molecular weight is 456 g/mol. The molecule has 1 saturated heterocycles. The third kappa shape index (κ3) is 4.89. The molecule has 0 spiro atoms. The number of hydrogen-bond donors (Lipinski definition) is 1. The van der Waals surface area contributed by atoms with E-state index < -0.39 is 0 Å². The van der Waals surface area contributed by atoms with Crippen LogP contribution in [0.2, 0.25) is 0 Å². The van der Waals surface area contributed by atoms with Crippen molar-refractivity contribution < 1.29 is 19.0 Å². The first kappa shape index (κ1) is 22.2. The van der Waals surface area contributed by atoms with E-state index in [1.807, 2.05) is 12.1 Å². The summed E-state index contributed by atoms with van der Waals surface area (Å²) in [6, 6.07) is 12.4. The van der Waals surface area contributed by atoms with Crippen LogP contribution in [0.15, 0.2) is 52.4 Å². The Labute approximate surface area is 189 Å². The van der Waals surface area contributed by atoms with Crippen molar-refractivity contribution >= 4 is 34.3 Å². The smallest absolute Gasteiger partial charge is 0.262 e. The number of benzene rings is 2. The molecule has 4 rings (SSSR count). The second kappa shape index (κ2) is 10.1. The van der Waals surface area contributed by atoms with Crippen LogP contribution in [0.5, 0.6) is 11.5 Å². The predicted molar refractivity (Wildman–Crippen MR) is 124 cm³/mol. The van der Waals surface area contributed by atoms with Crippen molar-refractivity contribution in [3.63, 3.8) is 0 Å². The van der Waals surface area contributed by atoms with Gasteiger partial charge in [0, 0.05) is 12.7 Å². The lowest BCUT2D eigenvalue weighted by Gasteiger charge is -2.16. The Balaban J connectivity index is 1.55. The molecule has 9 heteroatoms. The largest absolute Gasteiger partial charge is 0.497 e. The van der Waals surface area contributed by atoms with E-state index in [1.54, 1.807) is 42.0 Å². The van der Waals surface area contributed by atoms with E-state index in [0.29, 0.717) is 46.4 Å². The van der Waals surface area contributed by atoms with Crippen LogP contribution in [0.25, 0.3) is 10.9 Å². The van der Waals surface area contributed by atoms with Gasteiger partial charge in [0.25, 0.3) is 5.56 Å². The van der Waals surface area contributed by atoms with E-state index in [1.165, 1.54) is 18.9 Å². The molecule has 2 heterocycles. The van der Waals surface area contributed by atoms with Crippen LogP contribution >= 0.6 is 11.8 Å². The summed E-state index contributed by atoms with van der Waals surface area (Å²) in [7, 11) is 3.09. The maximum Gasteiger partial charge on any atom is 0.262 e. The van der Waals surface area contributed by atoms with Gasteiger partial charge in [-0.25, -0.2) is 4.98 Å². The van der Waals surface area contributed by atoms with E-state index in [9.17, 15) is 9.59 Å². The summed E-state index contributed by atoms with van der Waals surface area (Å²) >= 11 is 1.22. The molecule has 0 unspecified atom stereocenters. The second-order valence-electron chi connectivity index (χ2n) is 7.37. The molecule has 0 aliphatic carbocycles. The second-order valence-corrected chi connectivity index (χ2v) is 8.31. The molecule has 1 aliphatic heterocycles. The van der Waals surface area contributed by atoms with E-state index in [4.69, 9.17) is 14.2 Å². The number of nitrogens with zero attached hydrogens (tertiary/aromatic N) is 2. The van der Waals surface area contributed by atoms with Gasteiger partial charge in [0.2, 0.25) is 5.91 Å². The molecule has 0 radical (unpaired) electrons. The number of ether oxygens (including phenoxy) is 3. The summed E-state index contributed by atoms with van der Waals surface area (Å²) in [5.74, 6) is 0.975. The topological polar surface area (TPSA) is 91.7 Å². The molecule has 1 fully saturated rings. The highest BCUT2D eigenvalue weighted by atomic mass is 32.2. The number of para-hydroxylation sites is 1. The summed E-state index contributed by atoms with van der Waals surface area (Å²) < 4.78 is 17.9. The van der Waals surface area contributed by atoms with Gasteiger partial charge in [-0.05, 0) is 37.1 Å². The Bertz CT molecular complexity index is 1170. The van der Waals surface area contributed by atoms with Crippen LogP contribution in [0, 0.1) is 0 Å². The normalized spacial score (nSPS) is 15.6. The zero-order valence-electron chi connectivity index (χ0n) is 18.0. The molecule has 0 saturated carbocycles. The number of thioether (sulfide) groups is 1. The molecular weight excluding hydrogens is 430 g/mol. The number of amides is 1. The summed E-state index contributed by atoms with van der Waals surface area (Å²) in [6.07, 6.45) is 1.86. The Morgan fingerprint density at radius 3 is 2.84 bits per heavy atom. The Morgan fingerprint density at radius 2 is 2.09 bits per heavy atom. The molecule has 2 aromatic carbocycles. The van der Waals surface area contributed by atoms with Gasteiger partial charge in [-0.1, -0.05) is 23.9 Å². The first-order chi connectivity index (χ1) is 15.6. The fraction of sp³-hybridized carbons (Fsp3) is 0.348. The number of aromatic nitrogens is 2. The van der Waals surface area contributed by atoms with Crippen LogP contribution in [0.3, 0.4) is 0 Å². The number of rotatable bonds is 8. The predicted octanol–water partition coefficient (Wildman–Crippen LogP) is 3.32. The van der Waals surface area contributed by atoms with Crippen molar-refractivity contribution in [3.8, 4) is 11.5 Å². The molecule has 3 aromatic rings. The van der Waals surface area contributed by atoms with Gasteiger partial charge in [-0.3, -0.25) is 14.2 Å². The lowest BCUT2D eigenvalue weighted by atomic mass is 10.2. The lowest BCUT2D eigenvalue weighted by molar-refractivity contribution is -0.113. The monoisotopic (exact) mass is 455 g/mol. The van der Waals surface area contributed by atoms with Gasteiger partial charge in [-0.15, -0.1) is 0 Å². The maximum absolute atomic E-state index is 13.1. The van der Waals surface area contributed by atoms with Gasteiger partial charge in [0.1, 0.15) is 11.5 Å². The van der Waals surface area contributed by atoms with Crippen molar-refractivity contribution in [1.29, 1.82) is 0 Å². The summed E-state index contributed by atoms with van der Waals surface area (Å²) in [6.45, 7) is 1.12. The van der Waals surface area contributed by atoms with Crippen molar-refractivity contribution in [2.45, 2.75) is 30.6 Å². The molecule has 8 nitrogen and oxygen atoms in total. The van der Waals surface area contributed by atoms with Crippen LogP contribution in [0.1, 0.15) is 12.8 Å². The van der Waals surface area contributed by atoms with Gasteiger partial charge >= 0.3 is 0 Å². The number of carbonyl (C=O) groups is 1. The standard InChI is InChI=1S/C23H25N3O5S/c1-29-15-9-10-20(30-2)19(12-15)24-21(27)14-32-23-25-18-8-4-3-7-17(18)22(28)26(23)13-16-6-5-11-31-16/h3-4,7-10,12,16H,5-6,11,13-14H2,1-2H3,(H,24,27)/t16-/m1/s1. The minimum Gasteiger partial charge on any atom is -0.497 e. The number of carbonyl (C=O) groups excluding carboxylic acids is 1. The van der Waals surface area contributed by atoms with Crippen LogP contribution in [-0.2, 0) is 16.1 Å². The zero-order chi connectivity index (χ0) is 22.5. The molecule has 0 bridgehead atoms. The Kier molecular flexibility index (Phi) is 6.96. The third-order valence-corrected chi connectivity index (χ3v) is 6.23. The highest BCUT2D eigenvalue weighted by molar-refractivity contribution is 7.99. The molecule has 1 aliphatic rings. The van der Waals surface area contributed by atoms with Crippen molar-refractivity contribution in [1.82, 2.24) is 9.55 Å². The van der Waals surface area contributed by atoms with Crippen LogP contribution < -0.4 is 20.3 Å². The highest BCUT2D eigenvalue weighted by Gasteiger charge is 2.21. The first-order valence-electron chi connectivity index (χ1n) is 10.3. The first-order valence-corrected chi connectivity index (χ1v) is 11.3. The minimum absolute atomic E-state index is 0.0233. The van der Waals surface area contributed by atoms with Gasteiger partial charge < -0.3 is 19.5 Å². The fourth-order valence-corrected chi connectivity index (χ4v) is 4.45. The van der Waals surface area contributed by atoms with Gasteiger partial charge in [0.15, 0.2) is 5.16 Å². The van der Waals surface area contributed by atoms with Gasteiger partial charge in [0.05, 0.1) is 49.2 Å². The van der Waals surface area contributed by atoms with Crippen LogP contribution in [-0.4, -0.2) is 48.1 Å². The average Bonchev–Trinajstić information content (AvgIpc) is 3.33. The number of anilines is 1. The Hall–Kier alpha value is -3.04. The number of methoxy groups -OCH3 is 2. The van der Waals surface area contributed by atoms with Crippen molar-refractivity contribution in [3.05, 3.63) is 52.8 Å². The quantitative estimate of drug-likeness (QED) is 0.411. The summed E-state index contributed by atoms with van der Waals surface area (Å²) in [4.78, 5) is 30.5. The van der Waals surface area contributed by atoms with E-state index in [-0.39, 0.29) is 23.3 Å². The molecule has 1 aromatic heterocycles. The molecule has 1 N–H and O–H groups in total. The van der Waals surface area contributed by atoms with E-state index in [2.05, 4.69) is 10.3 Å². The van der Waals surface area contributed by atoms with Gasteiger partial charge in [-0.2, -0.15) is 0 Å². The third-order valence-electron chi connectivity index (χ3n) is 5.25. The van der Waals surface area contributed by atoms with E-state index >= 15 is 0 Å². The fourth-order valence-electron chi connectivity index (χ4n) is 3.64.